The molecule has 2 atom stereocenters. The first kappa shape index (κ1) is 31.8. The molecule has 0 aliphatic rings. The van der Waals surface area contributed by atoms with Crippen molar-refractivity contribution in [2.75, 3.05) is 32.8 Å². The van der Waals surface area contributed by atoms with E-state index in [0.29, 0.717) is 42.2 Å². The molecule has 8 nitrogen and oxygen atoms in total. The Morgan fingerprint density at radius 3 is 2.49 bits per heavy atom. The van der Waals surface area contributed by atoms with E-state index in [-0.39, 0.29) is 37.0 Å². The molecule has 0 aliphatic carbocycles. The number of carbonyl (C=O) groups is 2. The van der Waals surface area contributed by atoms with Crippen LogP contribution in [0.5, 0.6) is 0 Å². The maximum Gasteiger partial charge on any atom is 0.253 e. The first-order valence-corrected chi connectivity index (χ1v) is 14.4. The highest BCUT2D eigenvalue weighted by Crippen LogP contribution is 2.23. The molecular weight excluding hydrogens is 516 g/mol. The van der Waals surface area contributed by atoms with Crippen LogP contribution in [0, 0.1) is 12.3 Å². The number of benzene rings is 2. The molecule has 0 saturated heterocycles. The summed E-state index contributed by atoms with van der Waals surface area (Å²) in [6.45, 7) is 8.01. The SMILES string of the molecule is C#Cc1cccc(C(CCC)NC[C@H](CN)OCC(=O)c2cc(C(=O)N(CCC)CCC)cc(-c3ncco3)c2)c1. The molecule has 3 rings (SSSR count). The monoisotopic (exact) mass is 558 g/mol. The maximum atomic E-state index is 13.4. The molecule has 2 aromatic carbocycles. The number of hydrogen-bond acceptors (Lipinski definition) is 7. The average Bonchev–Trinajstić information content (AvgIpc) is 3.55. The normalized spacial score (nSPS) is 12.5. The van der Waals surface area contributed by atoms with E-state index < -0.39 is 0 Å². The van der Waals surface area contributed by atoms with Crippen LogP contribution in [-0.2, 0) is 4.74 Å². The second-order valence-electron chi connectivity index (χ2n) is 10.0. The van der Waals surface area contributed by atoms with Crippen molar-refractivity contribution in [2.24, 2.45) is 5.73 Å². The minimum atomic E-state index is -0.380. The van der Waals surface area contributed by atoms with E-state index in [9.17, 15) is 9.59 Å². The van der Waals surface area contributed by atoms with E-state index in [1.54, 1.807) is 18.2 Å². The van der Waals surface area contributed by atoms with E-state index in [0.717, 1.165) is 36.8 Å². The van der Waals surface area contributed by atoms with Gasteiger partial charge >= 0.3 is 0 Å². The predicted octanol–water partition coefficient (Wildman–Crippen LogP) is 5.24. The molecule has 1 unspecified atom stereocenters. The molecule has 3 aromatic rings. The van der Waals surface area contributed by atoms with E-state index in [2.05, 4.69) is 29.2 Å². The number of aromatic nitrogens is 1. The number of amides is 1. The molecule has 0 saturated carbocycles. The zero-order chi connectivity index (χ0) is 29.6. The third kappa shape index (κ3) is 9.12. The first-order valence-electron chi connectivity index (χ1n) is 14.4. The first-order chi connectivity index (χ1) is 19.9. The van der Waals surface area contributed by atoms with E-state index in [1.807, 2.05) is 36.9 Å². The van der Waals surface area contributed by atoms with Crippen LogP contribution in [-0.4, -0.2) is 60.5 Å². The minimum absolute atomic E-state index is 0.0851. The van der Waals surface area contributed by atoms with Gasteiger partial charge < -0.3 is 25.1 Å². The van der Waals surface area contributed by atoms with Crippen molar-refractivity contribution in [1.29, 1.82) is 0 Å². The number of rotatable bonds is 17. The molecule has 218 valence electrons. The summed E-state index contributed by atoms with van der Waals surface area (Å²) in [7, 11) is 0. The van der Waals surface area contributed by atoms with Gasteiger partial charge in [0, 0.05) is 54.5 Å². The van der Waals surface area contributed by atoms with E-state index in [1.165, 1.54) is 12.5 Å². The van der Waals surface area contributed by atoms with Gasteiger partial charge in [-0.2, -0.15) is 0 Å². The van der Waals surface area contributed by atoms with Crippen molar-refractivity contribution in [3.05, 3.63) is 77.2 Å². The highest BCUT2D eigenvalue weighted by atomic mass is 16.5. The Labute approximate surface area is 243 Å². The lowest BCUT2D eigenvalue weighted by Crippen LogP contribution is -2.38. The van der Waals surface area contributed by atoms with Gasteiger partial charge in [-0.3, -0.25) is 9.59 Å². The molecule has 1 aromatic heterocycles. The summed E-state index contributed by atoms with van der Waals surface area (Å²) in [5, 5.41) is 3.54. The van der Waals surface area contributed by atoms with E-state index >= 15 is 0 Å². The molecule has 41 heavy (non-hydrogen) atoms. The van der Waals surface area contributed by atoms with Crippen molar-refractivity contribution in [3.8, 4) is 23.8 Å². The number of Topliss-reactive ketones (excluding diaryl/α,β-unsaturated/α-hetero) is 1. The molecular formula is C33H42N4O4. The summed E-state index contributed by atoms with van der Waals surface area (Å²) in [5.74, 6) is 2.65. The Balaban J connectivity index is 1.74. The standard InChI is InChI=1S/C33H42N4O4/c1-5-10-30(25-12-9-11-24(8-4)17-25)36-22-29(21-34)41-23-31(38)26-18-27(32-35-13-16-40-32)20-28(19-26)33(39)37(14-6-2)15-7-3/h4,9,11-13,16-20,29-30,36H,5-7,10,14-15,21-23,34H2,1-3H3/t29-,30?/m0/s1. The number of hydrogen-bond donors (Lipinski definition) is 2. The summed E-state index contributed by atoms with van der Waals surface area (Å²) in [5.41, 5.74) is 9.28. The number of nitrogens with one attached hydrogen (secondary N) is 1. The van der Waals surface area contributed by atoms with Crippen LogP contribution in [0.2, 0.25) is 0 Å². The van der Waals surface area contributed by atoms with Crippen LogP contribution in [0.25, 0.3) is 11.5 Å². The number of nitrogens with two attached hydrogens (primary N) is 1. The van der Waals surface area contributed by atoms with Crippen LogP contribution < -0.4 is 11.1 Å². The fourth-order valence-corrected chi connectivity index (χ4v) is 4.72. The van der Waals surface area contributed by atoms with Crippen molar-refractivity contribution in [1.82, 2.24) is 15.2 Å². The van der Waals surface area contributed by atoms with Crippen LogP contribution in [0.3, 0.4) is 0 Å². The van der Waals surface area contributed by atoms with Crippen LogP contribution in [0.15, 0.2) is 59.3 Å². The van der Waals surface area contributed by atoms with Crippen LogP contribution in [0.4, 0.5) is 0 Å². The molecule has 0 aliphatic heterocycles. The third-order valence-corrected chi connectivity index (χ3v) is 6.79. The van der Waals surface area contributed by atoms with Gasteiger partial charge in [0.15, 0.2) is 5.78 Å². The lowest BCUT2D eigenvalue weighted by Gasteiger charge is -2.23. The van der Waals surface area contributed by atoms with Gasteiger partial charge in [0.1, 0.15) is 12.9 Å². The fourth-order valence-electron chi connectivity index (χ4n) is 4.72. The van der Waals surface area contributed by atoms with Crippen LogP contribution in [0.1, 0.15) is 84.3 Å². The highest BCUT2D eigenvalue weighted by Gasteiger charge is 2.21. The number of nitrogens with zero attached hydrogens (tertiary/aromatic N) is 2. The second-order valence-corrected chi connectivity index (χ2v) is 10.0. The molecule has 0 fully saturated rings. The molecule has 1 heterocycles. The zero-order valence-electron chi connectivity index (χ0n) is 24.4. The molecule has 1 amide bonds. The van der Waals surface area contributed by atoms with Gasteiger partial charge in [-0.25, -0.2) is 4.98 Å². The summed E-state index contributed by atoms with van der Waals surface area (Å²) >= 11 is 0. The molecule has 0 bridgehead atoms. The Morgan fingerprint density at radius 1 is 1.10 bits per heavy atom. The number of ether oxygens (including phenoxy) is 1. The van der Waals surface area contributed by atoms with Gasteiger partial charge in [-0.05, 0) is 55.2 Å². The number of oxazole rings is 1. The third-order valence-electron chi connectivity index (χ3n) is 6.79. The second kappa shape index (κ2) is 16.5. The maximum absolute atomic E-state index is 13.4. The summed E-state index contributed by atoms with van der Waals surface area (Å²) in [4.78, 5) is 32.7. The van der Waals surface area contributed by atoms with Crippen LogP contribution >= 0.6 is 0 Å². The molecule has 0 radical (unpaired) electrons. The Morgan fingerprint density at radius 2 is 1.85 bits per heavy atom. The smallest absolute Gasteiger partial charge is 0.253 e. The van der Waals surface area contributed by atoms with Gasteiger partial charge in [0.25, 0.3) is 5.91 Å². The Hall–Kier alpha value is -3.77. The summed E-state index contributed by atoms with van der Waals surface area (Å²) in [6.07, 6.45) is 11.8. The van der Waals surface area contributed by atoms with Gasteiger partial charge in [-0.1, -0.05) is 45.2 Å². The Bertz CT molecular complexity index is 1290. The van der Waals surface area contributed by atoms with Gasteiger partial charge in [0.2, 0.25) is 5.89 Å². The predicted molar refractivity (Wildman–Crippen MR) is 162 cm³/mol. The highest BCUT2D eigenvalue weighted by molar-refractivity contribution is 6.02. The lowest BCUT2D eigenvalue weighted by atomic mass is 10.00. The van der Waals surface area contributed by atoms with Crippen molar-refractivity contribution < 1.29 is 18.7 Å². The Kier molecular flexibility index (Phi) is 12.8. The van der Waals surface area contributed by atoms with Gasteiger partial charge in [-0.15, -0.1) is 6.42 Å². The fraction of sp³-hybridized carbons (Fsp3) is 0.424. The van der Waals surface area contributed by atoms with Crippen molar-refractivity contribution in [3.63, 3.8) is 0 Å². The van der Waals surface area contributed by atoms with Crippen molar-refractivity contribution in [2.45, 2.75) is 58.6 Å². The largest absolute Gasteiger partial charge is 0.445 e. The molecule has 8 heteroatoms. The zero-order valence-corrected chi connectivity index (χ0v) is 24.4. The quantitative estimate of drug-likeness (QED) is 0.172. The average molecular weight is 559 g/mol. The van der Waals surface area contributed by atoms with Crippen molar-refractivity contribution >= 4 is 11.7 Å². The lowest BCUT2D eigenvalue weighted by molar-refractivity contribution is 0.0475. The number of ketones is 1. The van der Waals surface area contributed by atoms with E-state index in [4.69, 9.17) is 21.3 Å². The summed E-state index contributed by atoms with van der Waals surface area (Å²) < 4.78 is 11.4. The molecule has 0 spiro atoms. The summed E-state index contributed by atoms with van der Waals surface area (Å²) in [6, 6.07) is 13.1. The van der Waals surface area contributed by atoms with Gasteiger partial charge in [0.05, 0.1) is 12.3 Å². The minimum Gasteiger partial charge on any atom is -0.445 e. The molecule has 3 N–H and O–H groups in total. The number of terminal acetylenes is 1. The number of carbonyl (C=O) groups excluding carboxylic acids is 2. The topological polar surface area (TPSA) is 111 Å².